The standard InChI is InChI=1S/C54H63N3O11/c1-3-29-56(53(60)66-42-25-21-40(22-26-42)57(61)62)49-36-47(55-68-50-18-10-13-33-63-50)45-34-39(16-8-11-30-58)44(17-9-12-31-59)51-46-35-43(27-28-48(46)67-54(49,52(45)51)64-32-4-2)65-41-23-19-38(20-24-41)37-14-6-5-7-15-37/h4-7,14-15,19-28,34-35,39,44,49-52,58-59H,2-3,8-13,16-18,29-33,36H2,1H3/t39-,44+,49-,50?,51+,52+,54+/m0/s1. The first-order chi connectivity index (χ1) is 33.3. The van der Waals surface area contributed by atoms with E-state index in [2.05, 4.69) is 30.9 Å². The average molecular weight is 930 g/mol. The van der Waals surface area contributed by atoms with E-state index in [1.165, 1.54) is 24.3 Å². The number of amides is 1. The maximum Gasteiger partial charge on any atom is 0.415 e. The number of unbranched alkanes of at least 4 members (excludes halogenated alkanes) is 2. The molecule has 1 amide bonds. The molecule has 1 unspecified atom stereocenters. The Morgan fingerprint density at radius 1 is 0.926 bits per heavy atom. The number of nitro benzene ring substituents is 1. The van der Waals surface area contributed by atoms with Gasteiger partial charge in [0, 0.05) is 56.2 Å². The highest BCUT2D eigenvalue weighted by Gasteiger charge is 2.65. The van der Waals surface area contributed by atoms with Crippen molar-refractivity contribution >= 4 is 17.5 Å². The van der Waals surface area contributed by atoms with Gasteiger partial charge in [0.1, 0.15) is 29.0 Å². The van der Waals surface area contributed by atoms with Crippen molar-refractivity contribution in [3.63, 3.8) is 0 Å². The molecule has 1 saturated carbocycles. The molecule has 2 aliphatic carbocycles. The lowest BCUT2D eigenvalue weighted by Gasteiger charge is -2.59. The van der Waals surface area contributed by atoms with Crippen molar-refractivity contribution in [2.45, 2.75) is 102 Å². The molecular weight excluding hydrogens is 867 g/mol. The lowest BCUT2D eigenvalue weighted by atomic mass is 9.55. The van der Waals surface area contributed by atoms with E-state index >= 15 is 0 Å². The fraction of sp³-hybridized carbons (Fsp3) is 0.444. The summed E-state index contributed by atoms with van der Waals surface area (Å²) in [6.45, 7) is 7.06. The number of oxime groups is 1. The van der Waals surface area contributed by atoms with Crippen molar-refractivity contribution in [3.05, 3.63) is 137 Å². The number of carbonyl (C=O) groups is 1. The first-order valence-corrected chi connectivity index (χ1v) is 24.2. The first-order valence-electron chi connectivity index (χ1n) is 24.2. The predicted octanol–water partition coefficient (Wildman–Crippen LogP) is 11.1. The zero-order valence-corrected chi connectivity index (χ0v) is 38.8. The van der Waals surface area contributed by atoms with Crippen LogP contribution in [0, 0.1) is 27.9 Å². The summed E-state index contributed by atoms with van der Waals surface area (Å²) < 4.78 is 33.1. The predicted molar refractivity (Wildman–Crippen MR) is 258 cm³/mol. The molecule has 8 rings (SSSR count). The van der Waals surface area contributed by atoms with Gasteiger partial charge in [-0.15, -0.1) is 6.58 Å². The molecule has 14 nitrogen and oxygen atoms in total. The third-order valence-corrected chi connectivity index (χ3v) is 13.6. The average Bonchev–Trinajstić information content (AvgIpc) is 3.36. The Morgan fingerprint density at radius 3 is 2.34 bits per heavy atom. The Bertz CT molecular complexity index is 2390. The molecule has 4 aliphatic rings. The van der Waals surface area contributed by atoms with Gasteiger partial charge in [-0.3, -0.25) is 15.0 Å². The van der Waals surface area contributed by atoms with Crippen LogP contribution >= 0.6 is 0 Å². The molecule has 0 aromatic heterocycles. The van der Waals surface area contributed by atoms with Crippen molar-refractivity contribution < 1.29 is 48.5 Å². The number of fused-ring (bicyclic) bond motifs is 2. The molecule has 68 heavy (non-hydrogen) atoms. The van der Waals surface area contributed by atoms with Gasteiger partial charge >= 0.3 is 6.09 Å². The third-order valence-electron chi connectivity index (χ3n) is 13.6. The van der Waals surface area contributed by atoms with Gasteiger partial charge in [-0.05, 0) is 116 Å². The van der Waals surface area contributed by atoms with Crippen LogP contribution in [0.25, 0.3) is 11.1 Å². The van der Waals surface area contributed by atoms with Crippen molar-refractivity contribution in [1.82, 2.24) is 4.90 Å². The van der Waals surface area contributed by atoms with Crippen LogP contribution in [0.15, 0.2) is 127 Å². The van der Waals surface area contributed by atoms with Gasteiger partial charge in [-0.2, -0.15) is 0 Å². The lowest BCUT2D eigenvalue weighted by molar-refractivity contribution is -0.384. The van der Waals surface area contributed by atoms with Crippen LogP contribution in [0.4, 0.5) is 10.5 Å². The van der Waals surface area contributed by atoms with Gasteiger partial charge in [0.05, 0.1) is 29.8 Å². The fourth-order valence-electron chi connectivity index (χ4n) is 10.5. The van der Waals surface area contributed by atoms with Gasteiger partial charge in [0.2, 0.25) is 12.1 Å². The Labute approximate surface area is 398 Å². The largest absolute Gasteiger partial charge is 0.459 e. The zero-order valence-electron chi connectivity index (χ0n) is 38.8. The number of nitrogens with zero attached hydrogens (tertiary/aromatic N) is 3. The number of aliphatic hydroxyl groups is 2. The van der Waals surface area contributed by atoms with Crippen LogP contribution in [0.1, 0.15) is 89.0 Å². The molecule has 4 aromatic carbocycles. The number of hydrogen-bond donors (Lipinski definition) is 2. The Morgan fingerprint density at radius 2 is 1.65 bits per heavy atom. The summed E-state index contributed by atoms with van der Waals surface area (Å²) in [5, 5.41) is 36.4. The minimum atomic E-state index is -1.51. The molecule has 0 spiro atoms. The number of non-ortho nitro benzene ring substituents is 1. The number of ether oxygens (including phenoxy) is 5. The summed E-state index contributed by atoms with van der Waals surface area (Å²) in [6.07, 6.45) is 10.5. The van der Waals surface area contributed by atoms with Gasteiger partial charge in [0.25, 0.3) is 5.69 Å². The smallest absolute Gasteiger partial charge is 0.415 e. The number of allylic oxidation sites excluding steroid dienone is 1. The van der Waals surface area contributed by atoms with E-state index in [1.807, 2.05) is 61.5 Å². The molecule has 2 heterocycles. The van der Waals surface area contributed by atoms with Crippen LogP contribution in [-0.2, 0) is 14.3 Å². The van der Waals surface area contributed by atoms with Crippen molar-refractivity contribution in [3.8, 4) is 34.1 Å². The molecule has 0 bridgehead atoms. The van der Waals surface area contributed by atoms with Crippen LogP contribution in [0.5, 0.6) is 23.0 Å². The highest BCUT2D eigenvalue weighted by molar-refractivity contribution is 6.03. The molecule has 2 fully saturated rings. The van der Waals surface area contributed by atoms with Gasteiger partial charge in [0.15, 0.2) is 0 Å². The second kappa shape index (κ2) is 22.8. The minimum Gasteiger partial charge on any atom is -0.459 e. The van der Waals surface area contributed by atoms with Crippen LogP contribution in [0.3, 0.4) is 0 Å². The molecule has 2 aliphatic heterocycles. The first kappa shape index (κ1) is 48.4. The van der Waals surface area contributed by atoms with Crippen LogP contribution in [0.2, 0.25) is 0 Å². The van der Waals surface area contributed by atoms with E-state index in [4.69, 9.17) is 33.7 Å². The lowest BCUT2D eigenvalue weighted by Crippen LogP contribution is -2.70. The van der Waals surface area contributed by atoms with Crippen molar-refractivity contribution in [1.29, 1.82) is 0 Å². The van der Waals surface area contributed by atoms with E-state index in [-0.39, 0.29) is 62.0 Å². The maximum absolute atomic E-state index is 14.7. The highest BCUT2D eigenvalue weighted by Crippen LogP contribution is 2.62. The van der Waals surface area contributed by atoms with Crippen molar-refractivity contribution in [2.24, 2.45) is 22.9 Å². The number of carbonyl (C=O) groups excluding carboxylic acids is 1. The molecule has 0 radical (unpaired) electrons. The Hall–Kier alpha value is -6.06. The summed E-state index contributed by atoms with van der Waals surface area (Å²) >= 11 is 0. The quantitative estimate of drug-likeness (QED) is 0.0352. The second-order valence-corrected chi connectivity index (χ2v) is 18.0. The topological polar surface area (TPSA) is 172 Å². The monoisotopic (exact) mass is 929 g/mol. The summed E-state index contributed by atoms with van der Waals surface area (Å²) in [5.74, 6) is -0.287. The van der Waals surface area contributed by atoms with E-state index < -0.39 is 35.1 Å². The normalized spacial score (nSPS) is 24.4. The minimum absolute atomic E-state index is 0.00182. The van der Waals surface area contributed by atoms with Gasteiger partial charge in [-0.1, -0.05) is 79.5 Å². The summed E-state index contributed by atoms with van der Waals surface area (Å²) in [6, 6.07) is 28.7. The molecule has 1 saturated heterocycles. The number of aliphatic hydroxyl groups excluding tert-OH is 2. The van der Waals surface area contributed by atoms with Crippen LogP contribution in [-0.4, -0.2) is 82.9 Å². The Balaban J connectivity index is 1.28. The van der Waals surface area contributed by atoms with Crippen LogP contribution < -0.4 is 14.2 Å². The Kier molecular flexibility index (Phi) is 16.2. The number of hydrogen-bond acceptors (Lipinski definition) is 12. The van der Waals surface area contributed by atoms with Crippen molar-refractivity contribution in [2.75, 3.05) is 33.0 Å². The molecule has 7 atom stereocenters. The van der Waals surface area contributed by atoms with Gasteiger partial charge < -0.3 is 38.7 Å². The van der Waals surface area contributed by atoms with E-state index in [1.54, 1.807) is 11.0 Å². The molecule has 360 valence electrons. The molecular formula is C54H63N3O11. The molecule has 2 N–H and O–H groups in total. The zero-order chi connectivity index (χ0) is 47.5. The van der Waals surface area contributed by atoms with E-state index in [9.17, 15) is 25.1 Å². The number of rotatable bonds is 21. The molecule has 14 heteroatoms. The second-order valence-electron chi connectivity index (χ2n) is 18.0. The van der Waals surface area contributed by atoms with E-state index in [0.717, 1.165) is 60.8 Å². The fourth-order valence-corrected chi connectivity index (χ4v) is 10.5. The molecule has 4 aromatic rings. The maximum atomic E-state index is 14.7. The number of nitro groups is 1. The summed E-state index contributed by atoms with van der Waals surface area (Å²) in [4.78, 5) is 33.6. The summed E-state index contributed by atoms with van der Waals surface area (Å²) in [7, 11) is 0. The van der Waals surface area contributed by atoms with E-state index in [0.29, 0.717) is 55.3 Å². The number of benzene rings is 4. The highest BCUT2D eigenvalue weighted by atomic mass is 16.8. The summed E-state index contributed by atoms with van der Waals surface area (Å²) in [5.41, 5.74) is 4.51. The third kappa shape index (κ3) is 10.8. The SMILES string of the molecule is C=CCO[C@@]12Oc3ccc(Oc4ccc(-c5ccccc5)cc4)cc3[C@H]3[C@H](CCCCO)[C@@H](CCCCO)C=C(C(=NOC4CCCCO4)C[C@@H]1N(CCC)C(=O)Oc1ccc([N+](=O)[O-])cc1)[C@H]32. The van der Waals surface area contributed by atoms with Gasteiger partial charge in [-0.25, -0.2) is 4.79 Å².